The molecule has 4 aromatic rings. The fourth-order valence-electron chi connectivity index (χ4n) is 5.45. The second-order valence-corrected chi connectivity index (χ2v) is 10.6. The van der Waals surface area contributed by atoms with Crippen molar-refractivity contribution >= 4 is 46.0 Å². The molecule has 6 rings (SSSR count). The lowest BCUT2D eigenvalue weighted by molar-refractivity contribution is -0.116. The number of halogens is 2. The quantitative estimate of drug-likeness (QED) is 0.313. The Hall–Kier alpha value is -4.49. The minimum atomic E-state index is -1.09. The number of hydrogen-bond donors (Lipinski definition) is 3. The Morgan fingerprint density at radius 1 is 1.27 bits per heavy atom. The zero-order chi connectivity index (χ0) is 29.0. The van der Waals surface area contributed by atoms with Crippen LogP contribution in [0.1, 0.15) is 16.8 Å². The number of nitrogens with one attached hydrogen (secondary N) is 1. The van der Waals surface area contributed by atoms with Crippen molar-refractivity contribution in [1.82, 2.24) is 19.1 Å². The molecule has 5 heterocycles. The molecule has 2 atom stereocenters. The maximum Gasteiger partial charge on any atom is 0.263 e. The average Bonchev–Trinajstić information content (AvgIpc) is 3.63. The molecule has 2 amide bonds. The molecule has 0 aliphatic carbocycles. The Bertz CT molecular complexity index is 1780. The molecule has 41 heavy (non-hydrogen) atoms. The summed E-state index contributed by atoms with van der Waals surface area (Å²) in [4.78, 5) is 48.9. The molecule has 3 aromatic heterocycles. The zero-order valence-corrected chi connectivity index (χ0v) is 22.6. The van der Waals surface area contributed by atoms with Gasteiger partial charge >= 0.3 is 0 Å². The molecule has 2 aliphatic rings. The minimum Gasteiger partial charge on any atom is -0.504 e. The van der Waals surface area contributed by atoms with E-state index in [1.807, 2.05) is 0 Å². The molecule has 0 unspecified atom stereocenters. The number of anilines is 2. The number of hydrogen-bond acceptors (Lipinski definition) is 8. The number of aromatic hydroxyl groups is 1. The highest BCUT2D eigenvalue weighted by Crippen LogP contribution is 2.35. The number of carbonyl (C=O) groups excluding carboxylic acids is 2. The van der Waals surface area contributed by atoms with E-state index in [0.717, 1.165) is 25.6 Å². The van der Waals surface area contributed by atoms with Crippen LogP contribution < -0.4 is 21.5 Å². The van der Waals surface area contributed by atoms with Crippen LogP contribution >= 0.6 is 11.6 Å². The van der Waals surface area contributed by atoms with Gasteiger partial charge in [0.25, 0.3) is 11.5 Å². The second kappa shape index (κ2) is 10.2. The van der Waals surface area contributed by atoms with E-state index < -0.39 is 34.5 Å². The summed E-state index contributed by atoms with van der Waals surface area (Å²) in [5.41, 5.74) is 5.23. The molecule has 14 heteroatoms. The monoisotopic (exact) mass is 581 g/mol. The smallest absolute Gasteiger partial charge is 0.263 e. The van der Waals surface area contributed by atoms with Gasteiger partial charge in [0.05, 0.1) is 40.3 Å². The summed E-state index contributed by atoms with van der Waals surface area (Å²) < 4.78 is 23.0. The van der Waals surface area contributed by atoms with E-state index in [4.69, 9.17) is 22.1 Å². The van der Waals surface area contributed by atoms with Gasteiger partial charge in [0.15, 0.2) is 11.6 Å². The van der Waals surface area contributed by atoms with Crippen LogP contribution in [0.4, 0.5) is 15.9 Å². The number of carbonyl (C=O) groups is 2. The Morgan fingerprint density at radius 3 is 2.83 bits per heavy atom. The van der Waals surface area contributed by atoms with E-state index in [-0.39, 0.29) is 39.8 Å². The number of primary amides is 1. The molecule has 0 saturated carbocycles. The van der Waals surface area contributed by atoms with Crippen molar-refractivity contribution in [3.05, 3.63) is 63.7 Å². The van der Waals surface area contributed by atoms with Crippen molar-refractivity contribution in [3.8, 4) is 16.9 Å². The van der Waals surface area contributed by atoms with Crippen LogP contribution in [0.5, 0.6) is 5.75 Å². The van der Waals surface area contributed by atoms with Gasteiger partial charge in [0, 0.05) is 50.5 Å². The number of nitrogens with zero attached hydrogens (tertiary/aromatic N) is 5. The molecule has 2 fully saturated rings. The first kappa shape index (κ1) is 26.7. The number of ether oxygens (including phenoxy) is 1. The first-order chi connectivity index (χ1) is 19.6. The molecule has 212 valence electrons. The number of amides is 2. The molecular weight excluding hydrogens is 557 g/mol. The van der Waals surface area contributed by atoms with Crippen molar-refractivity contribution in [2.24, 2.45) is 18.7 Å². The number of aromatic nitrogens is 4. The maximum absolute atomic E-state index is 14.5. The van der Waals surface area contributed by atoms with E-state index in [1.54, 1.807) is 6.07 Å². The molecule has 12 nitrogen and oxygen atoms in total. The van der Waals surface area contributed by atoms with Crippen molar-refractivity contribution in [1.29, 1.82) is 0 Å². The Labute approximate surface area is 237 Å². The van der Waals surface area contributed by atoms with Crippen LogP contribution in [0.3, 0.4) is 0 Å². The van der Waals surface area contributed by atoms with Gasteiger partial charge in [-0.1, -0.05) is 11.6 Å². The van der Waals surface area contributed by atoms with Crippen molar-refractivity contribution in [3.63, 3.8) is 0 Å². The average molecular weight is 582 g/mol. The van der Waals surface area contributed by atoms with E-state index >= 15 is 0 Å². The number of pyridine rings is 1. The Balaban J connectivity index is 1.32. The number of rotatable bonds is 6. The molecule has 2 saturated heterocycles. The molecule has 0 bridgehead atoms. The van der Waals surface area contributed by atoms with Gasteiger partial charge in [-0.15, -0.1) is 0 Å². The van der Waals surface area contributed by atoms with Gasteiger partial charge in [-0.2, -0.15) is 0 Å². The van der Waals surface area contributed by atoms with E-state index in [9.17, 15) is 23.9 Å². The summed E-state index contributed by atoms with van der Waals surface area (Å²) in [7, 11) is 1.50. The zero-order valence-electron chi connectivity index (χ0n) is 21.8. The Kier molecular flexibility index (Phi) is 6.62. The molecule has 0 spiro atoms. The van der Waals surface area contributed by atoms with E-state index in [2.05, 4.69) is 20.2 Å². The topological polar surface area (TPSA) is 158 Å². The highest BCUT2D eigenvalue weighted by molar-refractivity contribution is 6.33. The summed E-state index contributed by atoms with van der Waals surface area (Å²) in [5.74, 6) is -2.38. The number of aryl methyl sites for hydroxylation is 1. The molecule has 2 aliphatic heterocycles. The van der Waals surface area contributed by atoms with Gasteiger partial charge in [-0.3, -0.25) is 14.4 Å². The lowest BCUT2D eigenvalue weighted by Crippen LogP contribution is -2.24. The highest BCUT2D eigenvalue weighted by Gasteiger charge is 2.38. The van der Waals surface area contributed by atoms with Gasteiger partial charge in [0.1, 0.15) is 18.0 Å². The van der Waals surface area contributed by atoms with Crippen LogP contribution in [-0.4, -0.2) is 61.8 Å². The van der Waals surface area contributed by atoms with Gasteiger partial charge < -0.3 is 34.9 Å². The molecule has 0 radical (unpaired) electrons. The van der Waals surface area contributed by atoms with Gasteiger partial charge in [-0.05, 0) is 24.1 Å². The largest absolute Gasteiger partial charge is 0.504 e. The van der Waals surface area contributed by atoms with Crippen LogP contribution in [0.2, 0.25) is 5.02 Å². The molecule has 1 aromatic carbocycles. The summed E-state index contributed by atoms with van der Waals surface area (Å²) >= 11 is 6.35. The normalized spacial score (nSPS) is 18.2. The third-order valence-electron chi connectivity index (χ3n) is 7.53. The SMILES string of the molecule is Cn1cnc2c(c(-c3cc(F)c(O)c(C(N)=O)c3)cn2CC(=O)Nc2cc(N3C[C@H]4CCO[C@H]4C3)ncc2Cl)c1=O. The van der Waals surface area contributed by atoms with E-state index in [0.29, 0.717) is 24.0 Å². The first-order valence-electron chi connectivity index (χ1n) is 12.8. The molecular formula is C27H25ClFN7O5. The highest BCUT2D eigenvalue weighted by atomic mass is 35.5. The van der Waals surface area contributed by atoms with Crippen LogP contribution in [0.15, 0.2) is 41.7 Å². The van der Waals surface area contributed by atoms with Crippen LogP contribution in [-0.2, 0) is 23.1 Å². The summed E-state index contributed by atoms with van der Waals surface area (Å²) in [5, 5.41) is 13.1. The number of fused-ring (bicyclic) bond motifs is 2. The standard InChI is InChI=1S/C27H25ClFN7O5/c1-34-12-32-26-23(27(34)40)16(14-4-15(25(30)39)24(38)18(29)5-14)9-36(26)11-22(37)33-19-6-21(31-7-17(19)28)35-8-13-2-3-41-20(13)10-35/h4-7,9,12-13,20,38H,2-3,8,10-11H2,1H3,(H2,30,39)(H,31,33,37)/t13-,20+/m1/s1. The predicted octanol–water partition coefficient (Wildman–Crippen LogP) is 2.26. The van der Waals surface area contributed by atoms with Crippen molar-refractivity contribution < 1.29 is 23.8 Å². The van der Waals surface area contributed by atoms with Crippen molar-refractivity contribution in [2.45, 2.75) is 19.1 Å². The lowest BCUT2D eigenvalue weighted by atomic mass is 10.0. The molecule has 4 N–H and O–H groups in total. The van der Waals surface area contributed by atoms with Gasteiger partial charge in [0.2, 0.25) is 5.91 Å². The summed E-state index contributed by atoms with van der Waals surface area (Å²) in [6.45, 7) is 2.01. The first-order valence-corrected chi connectivity index (χ1v) is 13.2. The number of nitrogens with two attached hydrogens (primary N) is 1. The lowest BCUT2D eigenvalue weighted by Gasteiger charge is -2.19. The third-order valence-corrected chi connectivity index (χ3v) is 7.83. The van der Waals surface area contributed by atoms with Gasteiger partial charge in [-0.25, -0.2) is 14.4 Å². The predicted molar refractivity (Wildman–Crippen MR) is 148 cm³/mol. The summed E-state index contributed by atoms with van der Waals surface area (Å²) in [6, 6.07) is 3.87. The number of benzene rings is 1. The fraction of sp³-hybridized carbons (Fsp3) is 0.296. The van der Waals surface area contributed by atoms with Crippen molar-refractivity contribution in [2.75, 3.05) is 29.9 Å². The second-order valence-electron chi connectivity index (χ2n) is 10.2. The number of phenols is 1. The van der Waals surface area contributed by atoms with Crippen LogP contribution in [0, 0.1) is 11.7 Å². The maximum atomic E-state index is 14.5. The van der Waals surface area contributed by atoms with E-state index in [1.165, 1.54) is 41.0 Å². The Morgan fingerprint density at radius 2 is 2.07 bits per heavy atom. The third kappa shape index (κ3) is 4.76. The van der Waals surface area contributed by atoms with Crippen LogP contribution in [0.25, 0.3) is 22.2 Å². The summed E-state index contributed by atoms with van der Waals surface area (Å²) in [6.07, 6.45) is 5.41. The minimum absolute atomic E-state index is 0.0920. The fourth-order valence-corrected chi connectivity index (χ4v) is 5.60.